The summed E-state index contributed by atoms with van der Waals surface area (Å²) in [6, 6.07) is 24.0. The van der Waals surface area contributed by atoms with E-state index in [1.165, 1.54) is 26.1 Å². The molecule has 0 bridgehead atoms. The number of rotatable bonds is 5. The molecule has 2 heterocycles. The van der Waals surface area contributed by atoms with Gasteiger partial charge in [-0.2, -0.15) is 0 Å². The number of phenols is 2. The number of aromatic hydroxyl groups is 2. The topological polar surface area (TPSA) is 62.2 Å². The number of hydrogen-bond acceptors (Lipinski definition) is 6. The van der Waals surface area contributed by atoms with Crippen LogP contribution in [-0.4, -0.2) is 53.7 Å². The second kappa shape index (κ2) is 14.4. The van der Waals surface area contributed by atoms with Crippen molar-refractivity contribution in [2.24, 2.45) is 5.92 Å². The van der Waals surface area contributed by atoms with Gasteiger partial charge in [-0.25, -0.2) is 0 Å². The molecular formula is C28H35NO4S. The zero-order valence-corrected chi connectivity index (χ0v) is 20.6. The summed E-state index contributed by atoms with van der Waals surface area (Å²) in [5, 5.41) is 17.8. The number of para-hydroxylation sites is 2. The van der Waals surface area contributed by atoms with E-state index in [2.05, 4.69) is 11.8 Å². The molecule has 5 nitrogen and oxygen atoms in total. The predicted molar refractivity (Wildman–Crippen MR) is 139 cm³/mol. The van der Waals surface area contributed by atoms with Crippen molar-refractivity contribution < 1.29 is 19.7 Å². The Balaban J connectivity index is 0.000000155. The Bertz CT molecular complexity index is 955. The van der Waals surface area contributed by atoms with Gasteiger partial charge in [0.25, 0.3) is 0 Å². The maximum absolute atomic E-state index is 9.12. The molecule has 0 unspecified atom stereocenters. The van der Waals surface area contributed by atoms with Crippen LogP contribution < -0.4 is 9.47 Å². The number of hydrogen-bond donors (Lipinski definition) is 2. The lowest BCUT2D eigenvalue weighted by atomic mass is 10.2. The van der Waals surface area contributed by atoms with E-state index in [-0.39, 0.29) is 0 Å². The number of likely N-dealkylation sites (tertiary alicyclic amines) is 1. The lowest BCUT2D eigenvalue weighted by molar-refractivity contribution is 0.259. The Kier molecular flexibility index (Phi) is 10.9. The average molecular weight is 482 g/mol. The van der Waals surface area contributed by atoms with Gasteiger partial charge in [-0.15, -0.1) is 11.8 Å². The number of nitrogens with zero attached hydrogens (tertiary/aromatic N) is 1. The van der Waals surface area contributed by atoms with Crippen LogP contribution in [0.1, 0.15) is 19.8 Å². The van der Waals surface area contributed by atoms with Gasteiger partial charge in [-0.3, -0.25) is 0 Å². The second-order valence-electron chi connectivity index (χ2n) is 8.37. The molecule has 34 heavy (non-hydrogen) atoms. The van der Waals surface area contributed by atoms with Gasteiger partial charge < -0.3 is 24.6 Å². The van der Waals surface area contributed by atoms with Crippen LogP contribution in [-0.2, 0) is 0 Å². The Labute approximate surface area is 207 Å². The van der Waals surface area contributed by atoms with Crippen molar-refractivity contribution in [1.29, 1.82) is 0 Å². The van der Waals surface area contributed by atoms with E-state index >= 15 is 0 Å². The van der Waals surface area contributed by atoms with E-state index in [1.54, 1.807) is 54.2 Å². The van der Waals surface area contributed by atoms with Crippen LogP contribution in [0.3, 0.4) is 0 Å². The number of fused-ring (bicyclic) bond motifs is 1. The minimum Gasteiger partial charge on any atom is -0.508 e. The molecule has 0 amide bonds. The molecule has 182 valence electrons. The normalized spacial score (nSPS) is 16.7. The Morgan fingerprint density at radius 2 is 1.71 bits per heavy atom. The van der Waals surface area contributed by atoms with Gasteiger partial charge in [0.15, 0.2) is 0 Å². The molecule has 1 fully saturated rings. The van der Waals surface area contributed by atoms with Crippen molar-refractivity contribution >= 4 is 11.8 Å². The van der Waals surface area contributed by atoms with E-state index in [9.17, 15) is 0 Å². The summed E-state index contributed by atoms with van der Waals surface area (Å²) in [6.45, 7) is 7.65. The lowest BCUT2D eigenvalue weighted by Crippen LogP contribution is -2.22. The summed E-state index contributed by atoms with van der Waals surface area (Å²) in [7, 11) is 0. The van der Waals surface area contributed by atoms with E-state index in [4.69, 9.17) is 19.7 Å². The summed E-state index contributed by atoms with van der Waals surface area (Å²) < 4.78 is 11.0. The maximum Gasteiger partial charge on any atom is 0.133 e. The molecule has 0 aromatic heterocycles. The van der Waals surface area contributed by atoms with Gasteiger partial charge in [0, 0.05) is 18.8 Å². The fraction of sp³-hybridized carbons (Fsp3) is 0.357. The van der Waals surface area contributed by atoms with Gasteiger partial charge in [-0.05, 0) is 67.8 Å². The van der Waals surface area contributed by atoms with Crippen LogP contribution in [0.25, 0.3) is 0 Å². The van der Waals surface area contributed by atoms with Gasteiger partial charge in [0.1, 0.15) is 23.0 Å². The minimum atomic E-state index is 0.307. The molecule has 2 aliphatic rings. The van der Waals surface area contributed by atoms with Gasteiger partial charge in [-0.1, -0.05) is 43.3 Å². The van der Waals surface area contributed by atoms with E-state index < -0.39 is 0 Å². The standard InChI is InChI=1S/C14H21NO.C8H8O2S.C6H6O/c1-13-8-10-15(12-13)9-5-11-16-14-6-3-2-4-7-14;9-6-1-2-7-8(5-6)11-4-3-10-7;7-6-4-2-1-3-5-6/h2-4,6-7,13H,5,8-12H2,1H3;1-2,5,9H,3-4H2;1-5,7H/t13-;;/m1../s1. The van der Waals surface area contributed by atoms with Gasteiger partial charge in [0.2, 0.25) is 0 Å². The Morgan fingerprint density at radius 1 is 0.971 bits per heavy atom. The van der Waals surface area contributed by atoms with E-state index in [0.29, 0.717) is 11.5 Å². The van der Waals surface area contributed by atoms with Crippen LogP contribution in [0.15, 0.2) is 83.8 Å². The highest BCUT2D eigenvalue weighted by Crippen LogP contribution is 2.35. The van der Waals surface area contributed by atoms with Crippen LogP contribution in [0, 0.1) is 5.92 Å². The maximum atomic E-state index is 9.12. The molecule has 2 aliphatic heterocycles. The molecule has 0 aliphatic carbocycles. The number of phenolic OH excluding ortho intramolecular Hbond substituents is 2. The van der Waals surface area contributed by atoms with Crippen LogP contribution >= 0.6 is 11.8 Å². The van der Waals surface area contributed by atoms with Crippen molar-refractivity contribution in [3.63, 3.8) is 0 Å². The van der Waals surface area contributed by atoms with Gasteiger partial charge in [0.05, 0.1) is 18.1 Å². The molecule has 2 N–H and O–H groups in total. The monoisotopic (exact) mass is 481 g/mol. The smallest absolute Gasteiger partial charge is 0.133 e. The van der Waals surface area contributed by atoms with Crippen molar-refractivity contribution in [3.05, 3.63) is 78.9 Å². The zero-order chi connectivity index (χ0) is 24.0. The van der Waals surface area contributed by atoms with Crippen molar-refractivity contribution in [2.75, 3.05) is 38.6 Å². The first kappa shape index (κ1) is 25.8. The van der Waals surface area contributed by atoms with E-state index in [0.717, 1.165) is 47.7 Å². The third-order valence-corrected chi connectivity index (χ3v) is 6.42. The molecule has 3 aromatic carbocycles. The van der Waals surface area contributed by atoms with Crippen molar-refractivity contribution in [2.45, 2.75) is 24.7 Å². The third-order valence-electron chi connectivity index (χ3n) is 5.42. The molecular weight excluding hydrogens is 446 g/mol. The highest BCUT2D eigenvalue weighted by molar-refractivity contribution is 7.99. The number of ether oxygens (including phenoxy) is 2. The fourth-order valence-corrected chi connectivity index (χ4v) is 4.54. The first-order chi connectivity index (χ1) is 16.6. The van der Waals surface area contributed by atoms with Crippen molar-refractivity contribution in [3.8, 4) is 23.0 Å². The summed E-state index contributed by atoms with van der Waals surface area (Å²) in [5.74, 6) is 4.35. The SMILES string of the molecule is C[C@@H]1CCN(CCCOc2ccccc2)C1.Oc1ccc2c(c1)SCCO2.Oc1ccccc1. The van der Waals surface area contributed by atoms with Crippen LogP contribution in [0.2, 0.25) is 0 Å². The molecule has 3 aromatic rings. The molecule has 0 spiro atoms. The van der Waals surface area contributed by atoms with Crippen molar-refractivity contribution in [1.82, 2.24) is 4.90 Å². The van der Waals surface area contributed by atoms with Crippen LogP contribution in [0.4, 0.5) is 0 Å². The van der Waals surface area contributed by atoms with Crippen LogP contribution in [0.5, 0.6) is 23.0 Å². The highest BCUT2D eigenvalue weighted by atomic mass is 32.2. The largest absolute Gasteiger partial charge is 0.508 e. The first-order valence-corrected chi connectivity index (χ1v) is 12.8. The highest BCUT2D eigenvalue weighted by Gasteiger charge is 2.17. The third kappa shape index (κ3) is 9.57. The summed E-state index contributed by atoms with van der Waals surface area (Å²) >= 11 is 1.72. The predicted octanol–water partition coefficient (Wildman–Crippen LogP) is 6.07. The molecule has 0 saturated carbocycles. The Morgan fingerprint density at radius 3 is 2.35 bits per heavy atom. The fourth-order valence-electron chi connectivity index (χ4n) is 3.68. The summed E-state index contributed by atoms with van der Waals surface area (Å²) in [6.07, 6.45) is 2.49. The molecule has 1 saturated heterocycles. The molecule has 5 rings (SSSR count). The van der Waals surface area contributed by atoms with Gasteiger partial charge >= 0.3 is 0 Å². The summed E-state index contributed by atoms with van der Waals surface area (Å²) in [5.41, 5.74) is 0. The Hall–Kier alpha value is -2.83. The zero-order valence-electron chi connectivity index (χ0n) is 19.8. The lowest BCUT2D eigenvalue weighted by Gasteiger charge is -2.15. The quantitative estimate of drug-likeness (QED) is 0.432. The van der Waals surface area contributed by atoms with E-state index in [1.807, 2.05) is 36.4 Å². The average Bonchev–Trinajstić information content (AvgIpc) is 3.29. The summed E-state index contributed by atoms with van der Waals surface area (Å²) in [4.78, 5) is 3.58. The number of benzene rings is 3. The first-order valence-electron chi connectivity index (χ1n) is 11.8. The molecule has 0 radical (unpaired) electrons. The minimum absolute atomic E-state index is 0.307. The second-order valence-corrected chi connectivity index (χ2v) is 9.51. The molecule has 6 heteroatoms. The molecule has 1 atom stereocenters. The number of thioether (sulfide) groups is 1.